The molecule has 1 fully saturated rings. The highest BCUT2D eigenvalue weighted by Crippen LogP contribution is 2.34. The lowest BCUT2D eigenvalue weighted by atomic mass is 9.91. The van der Waals surface area contributed by atoms with E-state index in [1.165, 1.54) is 23.8 Å². The van der Waals surface area contributed by atoms with Crippen LogP contribution < -0.4 is 4.90 Å². The van der Waals surface area contributed by atoms with Crippen molar-refractivity contribution in [2.75, 3.05) is 18.0 Å². The minimum absolute atomic E-state index is 0.102. The number of anilines is 1. The Morgan fingerprint density at radius 1 is 0.833 bits per heavy atom. The predicted octanol–water partition coefficient (Wildman–Crippen LogP) is 3.57. The standard InChI is InChI=1S/C15H13F2N/c16-13-7-4-8-14(17)15(13)18-9-12(10-18)11-5-2-1-3-6-11/h1-8,12H,9-10H2. The first-order valence-corrected chi connectivity index (χ1v) is 5.99. The number of halogens is 2. The number of rotatable bonds is 2. The van der Waals surface area contributed by atoms with Gasteiger partial charge in [-0.1, -0.05) is 36.4 Å². The van der Waals surface area contributed by atoms with E-state index in [-0.39, 0.29) is 5.69 Å². The first kappa shape index (κ1) is 11.2. The summed E-state index contributed by atoms with van der Waals surface area (Å²) in [5, 5.41) is 0. The maximum Gasteiger partial charge on any atom is 0.149 e. The molecule has 0 saturated carbocycles. The first-order valence-electron chi connectivity index (χ1n) is 5.99. The van der Waals surface area contributed by atoms with Crippen LogP contribution in [0.15, 0.2) is 48.5 Å². The van der Waals surface area contributed by atoms with Crippen molar-refractivity contribution in [3.05, 3.63) is 65.7 Å². The molecule has 0 aliphatic carbocycles. The van der Waals surface area contributed by atoms with E-state index in [9.17, 15) is 8.78 Å². The molecule has 3 heteroatoms. The Bertz CT molecular complexity index is 527. The van der Waals surface area contributed by atoms with Crippen LogP contribution in [0.5, 0.6) is 0 Å². The van der Waals surface area contributed by atoms with E-state index < -0.39 is 11.6 Å². The van der Waals surface area contributed by atoms with Gasteiger partial charge in [0.15, 0.2) is 0 Å². The van der Waals surface area contributed by atoms with Crippen LogP contribution in [-0.4, -0.2) is 13.1 Å². The van der Waals surface area contributed by atoms with Crippen molar-refractivity contribution < 1.29 is 8.78 Å². The van der Waals surface area contributed by atoms with E-state index in [0.717, 1.165) is 0 Å². The average molecular weight is 245 g/mol. The quantitative estimate of drug-likeness (QED) is 0.781. The fraction of sp³-hybridized carbons (Fsp3) is 0.200. The Kier molecular flexibility index (Phi) is 2.74. The van der Waals surface area contributed by atoms with E-state index in [2.05, 4.69) is 12.1 Å². The summed E-state index contributed by atoms with van der Waals surface area (Å²) in [5.74, 6) is -0.603. The van der Waals surface area contributed by atoms with E-state index in [4.69, 9.17) is 0 Å². The monoisotopic (exact) mass is 245 g/mol. The molecule has 1 heterocycles. The van der Waals surface area contributed by atoms with Crippen LogP contribution in [0.1, 0.15) is 11.5 Å². The topological polar surface area (TPSA) is 3.24 Å². The average Bonchev–Trinajstić information content (AvgIpc) is 2.32. The molecule has 2 aromatic carbocycles. The molecule has 0 amide bonds. The normalized spacial score (nSPS) is 15.6. The molecule has 2 aromatic rings. The molecule has 0 radical (unpaired) electrons. The first-order chi connectivity index (χ1) is 8.75. The van der Waals surface area contributed by atoms with Gasteiger partial charge < -0.3 is 4.90 Å². The third kappa shape index (κ3) is 1.86. The summed E-state index contributed by atoms with van der Waals surface area (Å²) in [5.41, 5.74) is 1.33. The maximum absolute atomic E-state index is 13.6. The summed E-state index contributed by atoms with van der Waals surface area (Å²) in [4.78, 5) is 1.75. The third-order valence-corrected chi connectivity index (χ3v) is 3.41. The second-order valence-corrected chi connectivity index (χ2v) is 4.58. The molecule has 92 valence electrons. The molecule has 1 aliphatic rings. The third-order valence-electron chi connectivity index (χ3n) is 3.41. The molecule has 1 aliphatic heterocycles. The van der Waals surface area contributed by atoms with Crippen LogP contribution in [0.3, 0.4) is 0 Å². The zero-order valence-electron chi connectivity index (χ0n) is 9.81. The van der Waals surface area contributed by atoms with Gasteiger partial charge in [-0.2, -0.15) is 0 Å². The van der Waals surface area contributed by atoms with Gasteiger partial charge in [-0.15, -0.1) is 0 Å². The van der Waals surface area contributed by atoms with Crippen LogP contribution in [-0.2, 0) is 0 Å². The predicted molar refractivity (Wildman–Crippen MR) is 67.8 cm³/mol. The highest BCUT2D eigenvalue weighted by Gasteiger charge is 2.31. The lowest BCUT2D eigenvalue weighted by Gasteiger charge is -2.41. The van der Waals surface area contributed by atoms with Gasteiger partial charge in [-0.05, 0) is 17.7 Å². The summed E-state index contributed by atoms with van der Waals surface area (Å²) in [6, 6.07) is 14.0. The number of nitrogens with zero attached hydrogens (tertiary/aromatic N) is 1. The molecule has 3 rings (SSSR count). The molecule has 0 bridgehead atoms. The van der Waals surface area contributed by atoms with E-state index in [1.807, 2.05) is 18.2 Å². The van der Waals surface area contributed by atoms with Gasteiger partial charge in [-0.25, -0.2) is 8.78 Å². The SMILES string of the molecule is Fc1cccc(F)c1N1CC(c2ccccc2)C1. The lowest BCUT2D eigenvalue weighted by molar-refractivity contribution is 0.490. The van der Waals surface area contributed by atoms with Crippen molar-refractivity contribution in [2.24, 2.45) is 0 Å². The van der Waals surface area contributed by atoms with Crippen molar-refractivity contribution in [1.82, 2.24) is 0 Å². The van der Waals surface area contributed by atoms with Crippen molar-refractivity contribution in [1.29, 1.82) is 0 Å². The van der Waals surface area contributed by atoms with Crippen LogP contribution >= 0.6 is 0 Å². The van der Waals surface area contributed by atoms with Crippen molar-refractivity contribution in [3.8, 4) is 0 Å². The van der Waals surface area contributed by atoms with Crippen LogP contribution in [0.4, 0.5) is 14.5 Å². The Balaban J connectivity index is 1.76. The lowest BCUT2D eigenvalue weighted by Crippen LogP contribution is -2.45. The highest BCUT2D eigenvalue weighted by molar-refractivity contribution is 5.53. The molecule has 0 unspecified atom stereocenters. The summed E-state index contributed by atoms with van der Waals surface area (Å²) < 4.78 is 27.1. The number of para-hydroxylation sites is 1. The van der Waals surface area contributed by atoms with E-state index >= 15 is 0 Å². The molecule has 18 heavy (non-hydrogen) atoms. The maximum atomic E-state index is 13.6. The molecule has 0 aromatic heterocycles. The Labute approximate surface area is 105 Å². The Morgan fingerprint density at radius 3 is 2.06 bits per heavy atom. The van der Waals surface area contributed by atoms with Gasteiger partial charge in [0.05, 0.1) is 0 Å². The molecule has 0 atom stereocenters. The van der Waals surface area contributed by atoms with Crippen molar-refractivity contribution in [3.63, 3.8) is 0 Å². The number of hydrogen-bond donors (Lipinski definition) is 0. The molecule has 1 nitrogen and oxygen atoms in total. The van der Waals surface area contributed by atoms with Crippen LogP contribution in [0.2, 0.25) is 0 Å². The van der Waals surface area contributed by atoms with E-state index in [0.29, 0.717) is 19.0 Å². The highest BCUT2D eigenvalue weighted by atomic mass is 19.1. The summed E-state index contributed by atoms with van der Waals surface area (Å²) in [6.07, 6.45) is 0. The molecule has 1 saturated heterocycles. The number of hydrogen-bond acceptors (Lipinski definition) is 1. The summed E-state index contributed by atoms with van der Waals surface area (Å²) in [6.45, 7) is 1.34. The summed E-state index contributed by atoms with van der Waals surface area (Å²) in [7, 11) is 0. The van der Waals surface area contributed by atoms with Crippen molar-refractivity contribution in [2.45, 2.75) is 5.92 Å². The molecular formula is C15H13F2N. The minimum Gasteiger partial charge on any atom is -0.365 e. The Morgan fingerprint density at radius 2 is 1.44 bits per heavy atom. The van der Waals surface area contributed by atoms with Gasteiger partial charge in [0.25, 0.3) is 0 Å². The molecule has 0 N–H and O–H groups in total. The van der Waals surface area contributed by atoms with Crippen LogP contribution in [0, 0.1) is 11.6 Å². The van der Waals surface area contributed by atoms with Gasteiger partial charge in [0.1, 0.15) is 17.3 Å². The van der Waals surface area contributed by atoms with Gasteiger partial charge >= 0.3 is 0 Å². The second kappa shape index (κ2) is 4.41. The van der Waals surface area contributed by atoms with E-state index in [1.54, 1.807) is 4.90 Å². The molecular weight excluding hydrogens is 232 g/mol. The minimum atomic E-state index is -0.485. The zero-order valence-corrected chi connectivity index (χ0v) is 9.81. The van der Waals surface area contributed by atoms with Crippen LogP contribution in [0.25, 0.3) is 0 Å². The van der Waals surface area contributed by atoms with Gasteiger partial charge in [0, 0.05) is 19.0 Å². The number of benzene rings is 2. The second-order valence-electron chi connectivity index (χ2n) is 4.58. The summed E-state index contributed by atoms with van der Waals surface area (Å²) >= 11 is 0. The smallest absolute Gasteiger partial charge is 0.149 e. The zero-order chi connectivity index (χ0) is 12.5. The fourth-order valence-corrected chi connectivity index (χ4v) is 2.39. The largest absolute Gasteiger partial charge is 0.365 e. The molecule has 0 spiro atoms. The van der Waals surface area contributed by atoms with Gasteiger partial charge in [-0.3, -0.25) is 0 Å². The Hall–Kier alpha value is -1.90. The van der Waals surface area contributed by atoms with Gasteiger partial charge in [0.2, 0.25) is 0 Å². The fourth-order valence-electron chi connectivity index (χ4n) is 2.39. The van der Waals surface area contributed by atoms with Crippen molar-refractivity contribution >= 4 is 5.69 Å².